The molecule has 1 atom stereocenters. The number of nitrogen functional groups attached to an aromatic ring is 1. The van der Waals surface area contributed by atoms with Crippen LogP contribution < -0.4 is 16.4 Å². The van der Waals surface area contributed by atoms with Crippen LogP contribution in [0.1, 0.15) is 28.4 Å². The molecule has 3 aromatic rings. The van der Waals surface area contributed by atoms with Gasteiger partial charge >= 0.3 is 0 Å². The Hall–Kier alpha value is -3.23. The normalized spacial score (nSPS) is 18.9. The lowest BCUT2D eigenvalue weighted by Crippen LogP contribution is -2.26. The lowest BCUT2D eigenvalue weighted by molar-refractivity contribution is 0.0223. The number of rotatable bonds is 3. The number of halogens is 3. The summed E-state index contributed by atoms with van der Waals surface area (Å²) in [6.45, 7) is -0.537. The molecule has 1 aliphatic rings. The molecule has 4 rings (SSSR count). The third-order valence-corrected chi connectivity index (χ3v) is 4.70. The number of pyridine rings is 1. The van der Waals surface area contributed by atoms with Gasteiger partial charge in [-0.15, -0.1) is 0 Å². The van der Waals surface area contributed by atoms with Crippen LogP contribution in [0.5, 0.6) is 0 Å². The summed E-state index contributed by atoms with van der Waals surface area (Å²) in [5.74, 6) is -4.20. The van der Waals surface area contributed by atoms with Crippen LogP contribution in [0.15, 0.2) is 42.7 Å². The number of carbonyl (C=O) groups is 1. The predicted octanol–water partition coefficient (Wildman–Crippen LogP) is 2.74. The molecule has 0 bridgehead atoms. The number of nitrogens with zero attached hydrogens (tertiary/aromatic N) is 3. The summed E-state index contributed by atoms with van der Waals surface area (Å²) in [4.78, 5) is 13.0. The van der Waals surface area contributed by atoms with Crippen LogP contribution in [0.2, 0.25) is 0 Å². The number of alkyl halides is 2. The number of aromatic nitrogens is 2. The van der Waals surface area contributed by atoms with Crippen LogP contribution in [-0.4, -0.2) is 28.0 Å². The van der Waals surface area contributed by atoms with Gasteiger partial charge in [0.15, 0.2) is 0 Å². The van der Waals surface area contributed by atoms with E-state index in [4.69, 9.17) is 11.5 Å². The van der Waals surface area contributed by atoms with Crippen molar-refractivity contribution in [2.45, 2.75) is 18.4 Å². The van der Waals surface area contributed by atoms with Crippen molar-refractivity contribution in [3.05, 3.63) is 59.7 Å². The van der Waals surface area contributed by atoms with Crippen LogP contribution in [0.4, 0.5) is 24.5 Å². The summed E-state index contributed by atoms with van der Waals surface area (Å²) in [6, 6.07) is 6.26. The highest BCUT2D eigenvalue weighted by molar-refractivity contribution is 5.99. The van der Waals surface area contributed by atoms with Gasteiger partial charge in [-0.2, -0.15) is 5.10 Å². The maximum atomic E-state index is 14.2. The van der Waals surface area contributed by atoms with Gasteiger partial charge < -0.3 is 16.4 Å². The third kappa shape index (κ3) is 3.05. The monoisotopic (exact) mass is 375 g/mol. The summed E-state index contributed by atoms with van der Waals surface area (Å²) in [6.07, 6.45) is 2.42. The van der Waals surface area contributed by atoms with Crippen LogP contribution in [0, 0.1) is 5.82 Å². The van der Waals surface area contributed by atoms with E-state index in [1.807, 2.05) is 0 Å². The standard InChI is InChI=1S/C18H16F3N5O/c19-11-3-10(4-12(22)5-11)16-7-18(20,21)9-25(16)13-1-2-26-15(6-13)14(8-24-26)17(23)27/h1-6,8,16H,7,9,22H2,(H2,23,27)/t16-/m1/s1. The number of nitrogens with two attached hydrogens (primary N) is 2. The van der Waals surface area contributed by atoms with Gasteiger partial charge in [0.25, 0.3) is 11.8 Å². The second kappa shape index (κ2) is 5.90. The van der Waals surface area contributed by atoms with Crippen molar-refractivity contribution in [2.75, 3.05) is 17.2 Å². The fourth-order valence-electron chi connectivity index (χ4n) is 3.55. The molecule has 1 saturated heterocycles. The number of amides is 1. The van der Waals surface area contributed by atoms with Gasteiger partial charge in [-0.25, -0.2) is 17.7 Å². The minimum absolute atomic E-state index is 0.169. The molecule has 140 valence electrons. The molecule has 1 amide bonds. The first-order chi connectivity index (χ1) is 12.7. The SMILES string of the molecule is NC(=O)c1cnn2ccc(N3CC(F)(F)C[C@@H]3c3cc(N)cc(F)c3)cc12. The molecule has 3 heterocycles. The molecule has 2 aromatic heterocycles. The van der Waals surface area contributed by atoms with E-state index in [-0.39, 0.29) is 11.3 Å². The Bertz CT molecular complexity index is 1030. The van der Waals surface area contributed by atoms with Crippen LogP contribution in [0.3, 0.4) is 0 Å². The smallest absolute Gasteiger partial charge is 0.267 e. The molecule has 0 unspecified atom stereocenters. The Morgan fingerprint density at radius 1 is 1.26 bits per heavy atom. The lowest BCUT2D eigenvalue weighted by Gasteiger charge is -2.26. The van der Waals surface area contributed by atoms with Crippen LogP contribution in [0.25, 0.3) is 5.52 Å². The van der Waals surface area contributed by atoms with Gasteiger partial charge in [-0.05, 0) is 35.9 Å². The van der Waals surface area contributed by atoms with E-state index in [0.29, 0.717) is 16.8 Å². The van der Waals surface area contributed by atoms with Gasteiger partial charge in [0, 0.05) is 24.0 Å². The second-order valence-electron chi connectivity index (χ2n) is 6.66. The number of anilines is 2. The van der Waals surface area contributed by atoms with Crippen molar-refractivity contribution >= 4 is 22.8 Å². The fraction of sp³-hybridized carbons (Fsp3) is 0.222. The van der Waals surface area contributed by atoms with E-state index >= 15 is 0 Å². The molecule has 0 spiro atoms. The Labute approximate surface area is 152 Å². The molecule has 9 heteroatoms. The molecular weight excluding hydrogens is 359 g/mol. The zero-order valence-electron chi connectivity index (χ0n) is 14.1. The van der Waals surface area contributed by atoms with E-state index in [9.17, 15) is 18.0 Å². The quantitative estimate of drug-likeness (QED) is 0.689. The summed E-state index contributed by atoms with van der Waals surface area (Å²) < 4.78 is 43.6. The lowest BCUT2D eigenvalue weighted by atomic mass is 10.0. The van der Waals surface area contributed by atoms with Crippen molar-refractivity contribution in [1.82, 2.24) is 9.61 Å². The topological polar surface area (TPSA) is 89.7 Å². The van der Waals surface area contributed by atoms with Gasteiger partial charge in [0.05, 0.1) is 29.9 Å². The van der Waals surface area contributed by atoms with Crippen molar-refractivity contribution in [2.24, 2.45) is 5.73 Å². The molecule has 27 heavy (non-hydrogen) atoms. The molecule has 1 aromatic carbocycles. The molecule has 1 aliphatic heterocycles. The molecular formula is C18H16F3N5O. The molecule has 0 saturated carbocycles. The van der Waals surface area contributed by atoms with Gasteiger partial charge in [0.2, 0.25) is 0 Å². The maximum Gasteiger partial charge on any atom is 0.267 e. The van der Waals surface area contributed by atoms with E-state index in [1.165, 1.54) is 27.7 Å². The van der Waals surface area contributed by atoms with E-state index in [2.05, 4.69) is 5.10 Å². The largest absolute Gasteiger partial charge is 0.399 e. The summed E-state index contributed by atoms with van der Waals surface area (Å²) in [5.41, 5.74) is 12.6. The van der Waals surface area contributed by atoms with Gasteiger partial charge in [-0.3, -0.25) is 4.79 Å². The number of benzene rings is 1. The van der Waals surface area contributed by atoms with Crippen LogP contribution >= 0.6 is 0 Å². The first-order valence-corrected chi connectivity index (χ1v) is 8.21. The average molecular weight is 375 g/mol. The number of hydrogen-bond donors (Lipinski definition) is 2. The van der Waals surface area contributed by atoms with Gasteiger partial charge in [0.1, 0.15) is 5.82 Å². The molecule has 0 aliphatic carbocycles. The molecule has 4 N–H and O–H groups in total. The first-order valence-electron chi connectivity index (χ1n) is 8.21. The van der Waals surface area contributed by atoms with E-state index in [1.54, 1.807) is 18.3 Å². The minimum Gasteiger partial charge on any atom is -0.399 e. The highest BCUT2D eigenvalue weighted by Crippen LogP contribution is 2.44. The van der Waals surface area contributed by atoms with Crippen molar-refractivity contribution in [1.29, 1.82) is 0 Å². The Kier molecular flexibility index (Phi) is 3.76. The number of hydrogen-bond acceptors (Lipinski definition) is 4. The minimum atomic E-state index is -2.95. The number of carbonyl (C=O) groups excluding carboxylic acids is 1. The average Bonchev–Trinajstić information content (AvgIpc) is 3.13. The number of fused-ring (bicyclic) bond motifs is 1. The summed E-state index contributed by atoms with van der Waals surface area (Å²) in [5, 5.41) is 4.02. The molecule has 6 nitrogen and oxygen atoms in total. The highest BCUT2D eigenvalue weighted by atomic mass is 19.3. The predicted molar refractivity (Wildman–Crippen MR) is 94.2 cm³/mol. The van der Waals surface area contributed by atoms with Gasteiger partial charge in [-0.1, -0.05) is 0 Å². The fourth-order valence-corrected chi connectivity index (χ4v) is 3.55. The highest BCUT2D eigenvalue weighted by Gasteiger charge is 2.46. The second-order valence-corrected chi connectivity index (χ2v) is 6.66. The molecule has 1 fully saturated rings. The van der Waals surface area contributed by atoms with E-state index < -0.39 is 36.7 Å². The zero-order valence-corrected chi connectivity index (χ0v) is 14.1. The van der Waals surface area contributed by atoms with Crippen molar-refractivity contribution in [3.8, 4) is 0 Å². The Morgan fingerprint density at radius 2 is 2.04 bits per heavy atom. The zero-order chi connectivity index (χ0) is 19.3. The van der Waals surface area contributed by atoms with Crippen molar-refractivity contribution in [3.63, 3.8) is 0 Å². The third-order valence-electron chi connectivity index (χ3n) is 4.70. The molecule has 0 radical (unpaired) electrons. The maximum absolute atomic E-state index is 14.2. The summed E-state index contributed by atoms with van der Waals surface area (Å²) in [7, 11) is 0. The Balaban J connectivity index is 1.81. The first kappa shape index (κ1) is 17.2. The summed E-state index contributed by atoms with van der Waals surface area (Å²) >= 11 is 0. The van der Waals surface area contributed by atoms with E-state index in [0.717, 1.165) is 6.07 Å². The number of primary amides is 1. The Morgan fingerprint density at radius 3 is 2.74 bits per heavy atom. The van der Waals surface area contributed by atoms with Crippen molar-refractivity contribution < 1.29 is 18.0 Å². The van der Waals surface area contributed by atoms with Crippen LogP contribution in [-0.2, 0) is 0 Å².